The van der Waals surface area contributed by atoms with E-state index < -0.39 is 4.92 Å². The highest BCUT2D eigenvalue weighted by Gasteiger charge is 2.20. The van der Waals surface area contributed by atoms with E-state index in [1.165, 1.54) is 19.2 Å². The molecule has 0 fully saturated rings. The van der Waals surface area contributed by atoms with Crippen molar-refractivity contribution in [3.05, 3.63) is 56.6 Å². The first-order valence-electron chi connectivity index (χ1n) is 5.48. The normalized spacial score (nSPS) is 10.2. The van der Waals surface area contributed by atoms with Crippen LogP contribution in [-0.2, 0) is 0 Å². The Morgan fingerprint density at radius 2 is 1.75 bits per heavy atom. The van der Waals surface area contributed by atoms with Crippen LogP contribution in [0, 0.1) is 10.1 Å². The Morgan fingerprint density at radius 3 is 2.40 bits per heavy atom. The van der Waals surface area contributed by atoms with Gasteiger partial charge in [0.1, 0.15) is 10.8 Å². The maximum atomic E-state index is 10.9. The first-order valence-corrected chi connectivity index (χ1v) is 6.23. The van der Waals surface area contributed by atoms with Crippen molar-refractivity contribution < 1.29 is 14.4 Å². The number of rotatable bonds is 4. The minimum Gasteiger partial charge on any atom is -0.488 e. The summed E-state index contributed by atoms with van der Waals surface area (Å²) in [6.07, 6.45) is 0. The highest BCUT2D eigenvalue weighted by molar-refractivity contribution is 6.42. The van der Waals surface area contributed by atoms with Crippen LogP contribution in [0.1, 0.15) is 0 Å². The zero-order chi connectivity index (χ0) is 14.7. The van der Waals surface area contributed by atoms with Crippen molar-refractivity contribution in [3.8, 4) is 17.2 Å². The zero-order valence-corrected chi connectivity index (χ0v) is 11.8. The molecule has 2 rings (SSSR count). The molecule has 0 heterocycles. The highest BCUT2D eigenvalue weighted by Crippen LogP contribution is 2.41. The summed E-state index contributed by atoms with van der Waals surface area (Å²) >= 11 is 11.9. The van der Waals surface area contributed by atoms with Gasteiger partial charge < -0.3 is 9.47 Å². The second kappa shape index (κ2) is 5.98. The Labute approximate surface area is 124 Å². The second-order valence-electron chi connectivity index (χ2n) is 3.72. The highest BCUT2D eigenvalue weighted by atomic mass is 35.5. The van der Waals surface area contributed by atoms with Crippen LogP contribution in [0.25, 0.3) is 0 Å². The molecule has 7 heteroatoms. The summed E-state index contributed by atoms with van der Waals surface area (Å²) in [4.78, 5) is 10.4. The smallest absolute Gasteiger partial charge is 0.314 e. The third-order valence-electron chi connectivity index (χ3n) is 2.50. The van der Waals surface area contributed by atoms with E-state index in [0.29, 0.717) is 5.02 Å². The lowest BCUT2D eigenvalue weighted by Crippen LogP contribution is -1.96. The molecule has 2 aromatic carbocycles. The van der Waals surface area contributed by atoms with Gasteiger partial charge in [-0.3, -0.25) is 10.1 Å². The molecular formula is C13H9Cl2NO4. The number of benzene rings is 2. The minimum absolute atomic E-state index is 0.0218. The van der Waals surface area contributed by atoms with E-state index in [4.69, 9.17) is 32.7 Å². The van der Waals surface area contributed by atoms with Crippen molar-refractivity contribution in [2.24, 2.45) is 0 Å². The van der Waals surface area contributed by atoms with E-state index in [1.54, 1.807) is 24.3 Å². The van der Waals surface area contributed by atoms with Crippen molar-refractivity contribution in [2.75, 3.05) is 7.11 Å². The van der Waals surface area contributed by atoms with Gasteiger partial charge in [-0.1, -0.05) is 35.3 Å². The van der Waals surface area contributed by atoms with E-state index >= 15 is 0 Å². The summed E-state index contributed by atoms with van der Waals surface area (Å²) < 4.78 is 10.6. The quantitative estimate of drug-likeness (QED) is 0.606. The van der Waals surface area contributed by atoms with Gasteiger partial charge in [-0.15, -0.1) is 0 Å². The fourth-order valence-corrected chi connectivity index (χ4v) is 1.95. The molecule has 0 spiro atoms. The number of nitro benzene ring substituents is 1. The molecule has 0 aromatic heterocycles. The Kier molecular flexibility index (Phi) is 4.32. The van der Waals surface area contributed by atoms with Crippen LogP contribution >= 0.6 is 23.2 Å². The average Bonchev–Trinajstić information content (AvgIpc) is 2.43. The van der Waals surface area contributed by atoms with Gasteiger partial charge >= 0.3 is 5.69 Å². The standard InChI is InChI=1S/C13H9Cl2NO4/c1-19-13-9(16(17)18)5-3-7-11(13)20-10-6-2-4-8(14)12(10)15/h2-7H,1H3. The number of nitro groups is 1. The zero-order valence-electron chi connectivity index (χ0n) is 10.3. The van der Waals surface area contributed by atoms with Crippen molar-refractivity contribution in [1.29, 1.82) is 0 Å². The van der Waals surface area contributed by atoms with E-state index in [-0.39, 0.29) is 28.0 Å². The SMILES string of the molecule is COc1c(Oc2cccc(Cl)c2Cl)cccc1[N+](=O)[O-]. The van der Waals surface area contributed by atoms with Crippen LogP contribution in [0.5, 0.6) is 17.2 Å². The van der Waals surface area contributed by atoms with Gasteiger partial charge in [0.2, 0.25) is 5.75 Å². The summed E-state index contributed by atoms with van der Waals surface area (Å²) in [6.45, 7) is 0. The maximum absolute atomic E-state index is 10.9. The largest absolute Gasteiger partial charge is 0.488 e. The molecule has 0 aliphatic rings. The fourth-order valence-electron chi connectivity index (χ4n) is 1.61. The van der Waals surface area contributed by atoms with Gasteiger partial charge in [0.05, 0.1) is 17.1 Å². The predicted molar refractivity (Wildman–Crippen MR) is 76.2 cm³/mol. The second-order valence-corrected chi connectivity index (χ2v) is 4.50. The molecule has 0 atom stereocenters. The maximum Gasteiger partial charge on any atom is 0.314 e. The Balaban J connectivity index is 2.46. The monoisotopic (exact) mass is 313 g/mol. The lowest BCUT2D eigenvalue weighted by molar-refractivity contribution is -0.385. The van der Waals surface area contributed by atoms with Crippen molar-refractivity contribution in [1.82, 2.24) is 0 Å². The first kappa shape index (κ1) is 14.4. The third-order valence-corrected chi connectivity index (χ3v) is 3.30. The van der Waals surface area contributed by atoms with Crippen molar-refractivity contribution in [2.45, 2.75) is 0 Å². The van der Waals surface area contributed by atoms with E-state index in [0.717, 1.165) is 0 Å². The Hall–Kier alpha value is -1.98. The third kappa shape index (κ3) is 2.79. The van der Waals surface area contributed by atoms with E-state index in [9.17, 15) is 10.1 Å². The minimum atomic E-state index is -0.550. The van der Waals surface area contributed by atoms with Crippen LogP contribution in [0.3, 0.4) is 0 Å². The van der Waals surface area contributed by atoms with Gasteiger partial charge in [0.25, 0.3) is 0 Å². The van der Waals surface area contributed by atoms with Gasteiger partial charge in [-0.05, 0) is 18.2 Å². The number of nitrogens with zero attached hydrogens (tertiary/aromatic N) is 1. The first-order chi connectivity index (χ1) is 9.54. The van der Waals surface area contributed by atoms with Crippen LogP contribution in [0.4, 0.5) is 5.69 Å². The Morgan fingerprint density at radius 1 is 1.10 bits per heavy atom. The molecule has 0 amide bonds. The molecule has 0 saturated heterocycles. The molecule has 0 saturated carbocycles. The molecule has 0 unspecified atom stereocenters. The van der Waals surface area contributed by atoms with Gasteiger partial charge in [0, 0.05) is 6.07 Å². The summed E-state index contributed by atoms with van der Waals surface area (Å²) in [5.41, 5.74) is -0.192. The summed E-state index contributed by atoms with van der Waals surface area (Å²) in [6, 6.07) is 9.24. The molecule has 0 aliphatic carbocycles. The summed E-state index contributed by atoms with van der Waals surface area (Å²) in [5, 5.41) is 11.5. The molecule has 0 aliphatic heterocycles. The van der Waals surface area contributed by atoms with Gasteiger partial charge in [-0.2, -0.15) is 0 Å². The molecule has 104 valence electrons. The van der Waals surface area contributed by atoms with Crippen molar-refractivity contribution >= 4 is 28.9 Å². The molecular weight excluding hydrogens is 305 g/mol. The fraction of sp³-hybridized carbons (Fsp3) is 0.0769. The lowest BCUT2D eigenvalue weighted by Gasteiger charge is -2.11. The molecule has 0 bridgehead atoms. The van der Waals surface area contributed by atoms with Crippen molar-refractivity contribution in [3.63, 3.8) is 0 Å². The molecule has 0 N–H and O–H groups in total. The number of methoxy groups -OCH3 is 1. The average molecular weight is 314 g/mol. The summed E-state index contributed by atoms with van der Waals surface area (Å²) in [7, 11) is 1.33. The number of ether oxygens (including phenoxy) is 2. The number of halogens is 2. The van der Waals surface area contributed by atoms with E-state index in [1.807, 2.05) is 0 Å². The predicted octanol–water partition coefficient (Wildman–Crippen LogP) is 4.70. The number of para-hydroxylation sites is 1. The molecule has 5 nitrogen and oxygen atoms in total. The molecule has 20 heavy (non-hydrogen) atoms. The van der Waals surface area contributed by atoms with E-state index in [2.05, 4.69) is 0 Å². The lowest BCUT2D eigenvalue weighted by atomic mass is 10.2. The molecule has 0 radical (unpaired) electrons. The van der Waals surface area contributed by atoms with Gasteiger partial charge in [-0.25, -0.2) is 0 Å². The Bertz CT molecular complexity index is 661. The molecule has 2 aromatic rings. The van der Waals surface area contributed by atoms with Gasteiger partial charge in [0.15, 0.2) is 5.75 Å². The number of hydrogen-bond acceptors (Lipinski definition) is 4. The van der Waals surface area contributed by atoms with Crippen LogP contribution in [0.15, 0.2) is 36.4 Å². The number of hydrogen-bond donors (Lipinski definition) is 0. The summed E-state index contributed by atoms with van der Waals surface area (Å²) in [5.74, 6) is 0.498. The van der Waals surface area contributed by atoms with Crippen LogP contribution < -0.4 is 9.47 Å². The van der Waals surface area contributed by atoms with Crippen LogP contribution in [0.2, 0.25) is 10.0 Å². The topological polar surface area (TPSA) is 61.6 Å². The van der Waals surface area contributed by atoms with Crippen LogP contribution in [-0.4, -0.2) is 12.0 Å².